The van der Waals surface area contributed by atoms with E-state index < -0.39 is 0 Å². The summed E-state index contributed by atoms with van der Waals surface area (Å²) in [4.78, 5) is 28.2. The number of ketones is 1. The SMILES string of the molecule is CCCCC[C@H](O)C=C[C@H]1CCC(=O)[C@@H]1CCCCCCC(=O)NCc1ccncc1. The first-order chi connectivity index (χ1) is 15.1. The highest BCUT2D eigenvalue weighted by Gasteiger charge is 2.32. The van der Waals surface area contributed by atoms with Crippen molar-refractivity contribution in [3.05, 3.63) is 42.2 Å². The zero-order chi connectivity index (χ0) is 22.3. The average molecular weight is 429 g/mol. The van der Waals surface area contributed by atoms with Crippen molar-refractivity contribution in [1.82, 2.24) is 10.3 Å². The lowest BCUT2D eigenvalue weighted by Crippen LogP contribution is -2.22. The fourth-order valence-corrected chi connectivity index (χ4v) is 4.30. The largest absolute Gasteiger partial charge is 0.389 e. The maximum absolute atomic E-state index is 12.3. The van der Waals surface area contributed by atoms with Gasteiger partial charge < -0.3 is 10.4 Å². The highest BCUT2D eigenvalue weighted by molar-refractivity contribution is 5.83. The van der Waals surface area contributed by atoms with Gasteiger partial charge in [-0.25, -0.2) is 0 Å². The lowest BCUT2D eigenvalue weighted by molar-refractivity contribution is -0.122. The Labute approximate surface area is 187 Å². The smallest absolute Gasteiger partial charge is 0.220 e. The number of carbonyl (C=O) groups is 2. The fraction of sp³-hybridized carbons (Fsp3) is 0.654. The van der Waals surface area contributed by atoms with Crippen LogP contribution in [0.15, 0.2) is 36.7 Å². The molecule has 0 unspecified atom stereocenters. The number of pyridine rings is 1. The van der Waals surface area contributed by atoms with Crippen molar-refractivity contribution in [2.75, 3.05) is 0 Å². The van der Waals surface area contributed by atoms with Crippen LogP contribution < -0.4 is 5.32 Å². The molecule has 0 saturated heterocycles. The van der Waals surface area contributed by atoms with E-state index >= 15 is 0 Å². The Morgan fingerprint density at radius 3 is 2.74 bits per heavy atom. The number of Topliss-reactive ketones (excluding diaryl/α,β-unsaturated/α-hetero) is 1. The van der Waals surface area contributed by atoms with Crippen LogP contribution in [0.2, 0.25) is 0 Å². The summed E-state index contributed by atoms with van der Waals surface area (Å²) >= 11 is 0. The van der Waals surface area contributed by atoms with E-state index in [1.165, 1.54) is 0 Å². The molecule has 0 aromatic carbocycles. The summed E-state index contributed by atoms with van der Waals surface area (Å²) in [6.45, 7) is 2.71. The Bertz CT molecular complexity index is 674. The number of amides is 1. The Morgan fingerprint density at radius 1 is 1.19 bits per heavy atom. The Balaban J connectivity index is 1.57. The quantitative estimate of drug-likeness (QED) is 0.300. The van der Waals surface area contributed by atoms with Crippen LogP contribution in [0, 0.1) is 11.8 Å². The molecule has 1 heterocycles. The predicted molar refractivity (Wildman–Crippen MR) is 124 cm³/mol. The van der Waals surface area contributed by atoms with Gasteiger partial charge in [0.2, 0.25) is 5.91 Å². The number of nitrogens with zero attached hydrogens (tertiary/aromatic N) is 1. The summed E-state index contributed by atoms with van der Waals surface area (Å²) in [5, 5.41) is 13.0. The molecule has 2 rings (SSSR count). The van der Waals surface area contributed by atoms with Gasteiger partial charge in [0, 0.05) is 37.7 Å². The third-order valence-electron chi connectivity index (χ3n) is 6.25. The van der Waals surface area contributed by atoms with Crippen LogP contribution >= 0.6 is 0 Å². The minimum absolute atomic E-state index is 0.0884. The van der Waals surface area contributed by atoms with Gasteiger partial charge in [0.15, 0.2) is 0 Å². The van der Waals surface area contributed by atoms with Crippen molar-refractivity contribution >= 4 is 11.7 Å². The van der Waals surface area contributed by atoms with E-state index in [2.05, 4.69) is 23.3 Å². The molecule has 1 amide bonds. The van der Waals surface area contributed by atoms with E-state index in [9.17, 15) is 14.7 Å². The molecule has 1 aromatic heterocycles. The predicted octanol–water partition coefficient (Wildman–Crippen LogP) is 5.13. The summed E-state index contributed by atoms with van der Waals surface area (Å²) < 4.78 is 0. The van der Waals surface area contributed by atoms with Crippen LogP contribution in [-0.4, -0.2) is 27.9 Å². The molecule has 1 aromatic rings. The Kier molecular flexibility index (Phi) is 12.1. The Hall–Kier alpha value is -2.01. The van der Waals surface area contributed by atoms with Gasteiger partial charge in [-0.15, -0.1) is 0 Å². The number of aliphatic hydroxyl groups excluding tert-OH is 1. The molecule has 0 radical (unpaired) electrons. The summed E-state index contributed by atoms with van der Waals surface area (Å²) in [6.07, 6.45) is 18.3. The highest BCUT2D eigenvalue weighted by atomic mass is 16.3. The maximum atomic E-state index is 12.3. The van der Waals surface area contributed by atoms with Crippen molar-refractivity contribution in [1.29, 1.82) is 0 Å². The monoisotopic (exact) mass is 428 g/mol. The minimum Gasteiger partial charge on any atom is -0.389 e. The van der Waals surface area contributed by atoms with Crippen molar-refractivity contribution in [3.63, 3.8) is 0 Å². The maximum Gasteiger partial charge on any atom is 0.220 e. The molecular weight excluding hydrogens is 388 g/mol. The van der Waals surface area contributed by atoms with Gasteiger partial charge in [-0.1, -0.05) is 57.6 Å². The topological polar surface area (TPSA) is 79.3 Å². The number of nitrogens with one attached hydrogen (secondary N) is 1. The standard InChI is InChI=1S/C26H40N2O3/c1-2-3-6-9-23(29)14-12-22-13-15-25(30)24(22)10-7-4-5-8-11-26(31)28-20-21-16-18-27-19-17-21/h12,14,16-19,22-24,29H,2-11,13,15,20H2,1H3,(H,28,31)/t22-,23-,24+/m0/s1. The number of aliphatic hydroxyl groups is 1. The van der Waals surface area contributed by atoms with E-state index in [1.54, 1.807) is 12.4 Å². The molecule has 1 aliphatic rings. The third-order valence-corrected chi connectivity index (χ3v) is 6.25. The van der Waals surface area contributed by atoms with Crippen LogP contribution in [-0.2, 0) is 16.1 Å². The van der Waals surface area contributed by atoms with Gasteiger partial charge >= 0.3 is 0 Å². The number of carbonyl (C=O) groups excluding carboxylic acids is 2. The van der Waals surface area contributed by atoms with E-state index in [0.29, 0.717) is 25.2 Å². The zero-order valence-electron chi connectivity index (χ0n) is 19.1. The molecule has 1 aliphatic carbocycles. The van der Waals surface area contributed by atoms with Crippen LogP contribution in [0.4, 0.5) is 0 Å². The van der Waals surface area contributed by atoms with Gasteiger partial charge in [-0.05, 0) is 49.3 Å². The number of hydrogen-bond acceptors (Lipinski definition) is 4. The average Bonchev–Trinajstić information content (AvgIpc) is 3.13. The second-order valence-corrected chi connectivity index (χ2v) is 8.81. The van der Waals surface area contributed by atoms with Crippen molar-refractivity contribution in [3.8, 4) is 0 Å². The first kappa shape index (κ1) is 25.3. The zero-order valence-corrected chi connectivity index (χ0v) is 19.1. The number of aromatic nitrogens is 1. The van der Waals surface area contributed by atoms with Gasteiger partial charge in [-0.2, -0.15) is 0 Å². The third kappa shape index (κ3) is 10.2. The molecule has 1 fully saturated rings. The van der Waals surface area contributed by atoms with E-state index in [-0.39, 0.29) is 23.8 Å². The summed E-state index contributed by atoms with van der Waals surface area (Å²) in [5.74, 6) is 0.867. The van der Waals surface area contributed by atoms with Crippen molar-refractivity contribution in [2.45, 2.75) is 96.6 Å². The molecule has 5 nitrogen and oxygen atoms in total. The summed E-state index contributed by atoms with van der Waals surface area (Å²) in [6, 6.07) is 3.81. The number of allylic oxidation sites excluding steroid dienone is 1. The lowest BCUT2D eigenvalue weighted by Gasteiger charge is -2.15. The molecule has 5 heteroatoms. The lowest BCUT2D eigenvalue weighted by atomic mass is 9.89. The molecule has 0 bridgehead atoms. The van der Waals surface area contributed by atoms with Crippen molar-refractivity contribution in [2.24, 2.45) is 11.8 Å². The van der Waals surface area contributed by atoms with Crippen LogP contribution in [0.1, 0.15) is 89.5 Å². The van der Waals surface area contributed by atoms with E-state index in [4.69, 9.17) is 0 Å². The minimum atomic E-state index is -0.382. The Morgan fingerprint density at radius 2 is 1.97 bits per heavy atom. The van der Waals surface area contributed by atoms with E-state index in [0.717, 1.165) is 69.8 Å². The molecule has 0 aliphatic heterocycles. The second-order valence-electron chi connectivity index (χ2n) is 8.81. The van der Waals surface area contributed by atoms with Crippen LogP contribution in [0.5, 0.6) is 0 Å². The second kappa shape index (κ2) is 14.9. The number of unbranched alkanes of at least 4 members (excludes halogenated alkanes) is 5. The van der Waals surface area contributed by atoms with Crippen molar-refractivity contribution < 1.29 is 14.7 Å². The first-order valence-electron chi connectivity index (χ1n) is 12.1. The molecular formula is C26H40N2O3. The van der Waals surface area contributed by atoms with Gasteiger partial charge in [0.25, 0.3) is 0 Å². The molecule has 0 spiro atoms. The normalized spacial score (nSPS) is 19.7. The van der Waals surface area contributed by atoms with E-state index in [1.807, 2.05) is 18.2 Å². The van der Waals surface area contributed by atoms with Gasteiger partial charge in [0.05, 0.1) is 6.10 Å². The molecule has 2 N–H and O–H groups in total. The number of rotatable bonds is 15. The van der Waals surface area contributed by atoms with Gasteiger partial charge in [0.1, 0.15) is 5.78 Å². The van der Waals surface area contributed by atoms with Crippen LogP contribution in [0.25, 0.3) is 0 Å². The number of hydrogen-bond donors (Lipinski definition) is 2. The molecule has 1 saturated carbocycles. The summed E-state index contributed by atoms with van der Waals surface area (Å²) in [7, 11) is 0. The summed E-state index contributed by atoms with van der Waals surface area (Å²) in [5.41, 5.74) is 1.06. The molecule has 172 valence electrons. The fourth-order valence-electron chi connectivity index (χ4n) is 4.30. The first-order valence-corrected chi connectivity index (χ1v) is 12.1. The van der Waals surface area contributed by atoms with Crippen LogP contribution in [0.3, 0.4) is 0 Å². The molecule has 3 atom stereocenters. The highest BCUT2D eigenvalue weighted by Crippen LogP contribution is 2.34. The van der Waals surface area contributed by atoms with Gasteiger partial charge in [-0.3, -0.25) is 14.6 Å². The molecule has 31 heavy (non-hydrogen) atoms.